The van der Waals surface area contributed by atoms with Gasteiger partial charge in [-0.25, -0.2) is 14.7 Å². The number of benzene rings is 6. The number of hydrogen-bond acceptors (Lipinski definition) is 6. The molecule has 0 radical (unpaired) electrons. The molecule has 2 heterocycles. The van der Waals surface area contributed by atoms with E-state index in [1.165, 1.54) is 0 Å². The molecule has 0 fully saturated rings. The predicted octanol–water partition coefficient (Wildman–Crippen LogP) is 9.47. The number of nitrogens with zero attached hydrogens (tertiary/aromatic N) is 9. The van der Waals surface area contributed by atoms with Crippen LogP contribution in [0, 0.1) is 11.5 Å². The topological polar surface area (TPSA) is 113 Å². The Morgan fingerprint density at radius 2 is 1.38 bits per heavy atom. The third-order valence-corrected chi connectivity index (χ3v) is 10.6. The number of aromatic nitrogens is 6. The number of hydrogen-bond donors (Lipinski definition) is 1. The molecule has 8 rings (SSSR count). The Kier molecular flexibility index (Phi) is 10.8. The Balaban J connectivity index is 1.21. The van der Waals surface area contributed by atoms with Gasteiger partial charge in [0, 0.05) is 32.6 Å². The summed E-state index contributed by atoms with van der Waals surface area (Å²) in [6.45, 7) is 2.73. The smallest absolute Gasteiger partial charge is 0.212 e. The maximum atomic E-state index is 9.27. The summed E-state index contributed by atoms with van der Waals surface area (Å²) in [5.74, 6) is 2.00. The average molecular weight is 781 g/mol. The summed E-state index contributed by atoms with van der Waals surface area (Å²) in [7, 11) is 3.65. The van der Waals surface area contributed by atoms with E-state index in [1.54, 1.807) is 11.0 Å². The minimum atomic E-state index is -0.877. The number of aryl methyl sites for hydroxylation is 1. The zero-order valence-corrected chi connectivity index (χ0v) is 33.2. The fourth-order valence-electron chi connectivity index (χ4n) is 7.67. The van der Waals surface area contributed by atoms with Crippen LogP contribution in [0.4, 0.5) is 5.69 Å². The van der Waals surface area contributed by atoms with Gasteiger partial charge in [0.05, 0.1) is 16.2 Å². The van der Waals surface area contributed by atoms with Crippen LogP contribution in [0.5, 0.6) is 0 Å². The molecule has 0 unspecified atom stereocenters. The summed E-state index contributed by atoms with van der Waals surface area (Å²) in [4.78, 5) is 11.4. The van der Waals surface area contributed by atoms with Crippen molar-refractivity contribution in [3.05, 3.63) is 185 Å². The summed E-state index contributed by atoms with van der Waals surface area (Å²) in [6, 6.07) is 51.9. The van der Waals surface area contributed by atoms with Crippen LogP contribution in [0.3, 0.4) is 0 Å². The summed E-state index contributed by atoms with van der Waals surface area (Å²) in [5.41, 5.74) is 8.50. The predicted molar refractivity (Wildman–Crippen MR) is 231 cm³/mol. The van der Waals surface area contributed by atoms with Crippen molar-refractivity contribution in [2.45, 2.75) is 31.8 Å². The van der Waals surface area contributed by atoms with Crippen molar-refractivity contribution in [1.29, 1.82) is 5.26 Å². The van der Waals surface area contributed by atoms with Gasteiger partial charge in [-0.2, -0.15) is 5.26 Å². The Morgan fingerprint density at radius 3 is 1.95 bits per heavy atom. The summed E-state index contributed by atoms with van der Waals surface area (Å²) >= 11 is 6.82. The van der Waals surface area contributed by atoms with Gasteiger partial charge in [0.25, 0.3) is 0 Å². The van der Waals surface area contributed by atoms with Crippen LogP contribution in [0.1, 0.15) is 41.4 Å². The molecule has 0 bridgehead atoms. The molecule has 8 aromatic rings. The number of tetrazole rings is 1. The Hall–Kier alpha value is -7.09. The van der Waals surface area contributed by atoms with Crippen molar-refractivity contribution < 1.29 is 0 Å². The highest BCUT2D eigenvalue weighted by molar-refractivity contribution is 6.35. The van der Waals surface area contributed by atoms with E-state index in [2.05, 4.69) is 136 Å². The van der Waals surface area contributed by atoms with E-state index in [0.717, 1.165) is 68.6 Å². The molecule has 0 aliphatic heterocycles. The van der Waals surface area contributed by atoms with Crippen molar-refractivity contribution in [1.82, 2.24) is 40.0 Å². The van der Waals surface area contributed by atoms with Gasteiger partial charge in [0.1, 0.15) is 16.9 Å². The molecule has 0 saturated carbocycles. The number of halogens is 1. The monoisotopic (exact) mass is 780 g/mol. The van der Waals surface area contributed by atoms with Crippen LogP contribution in [0.2, 0.25) is 5.02 Å². The van der Waals surface area contributed by atoms with Crippen molar-refractivity contribution in [3.63, 3.8) is 0 Å². The Labute approximate surface area is 342 Å². The van der Waals surface area contributed by atoms with Crippen LogP contribution in [0.15, 0.2) is 157 Å². The SMILES string of the molecule is CCCc1nc2c(Cl)cc(N=C(NC#N)N(C)C)cc2n1Cc1ccc(-c2ccccc2-c2nnnn2C(c2ccccc2)(c2ccccc2)c2ccccc2)cc1. The van der Waals surface area contributed by atoms with Crippen LogP contribution in [-0.4, -0.2) is 54.7 Å². The maximum Gasteiger partial charge on any atom is 0.212 e. The molecular weight excluding hydrogens is 740 g/mol. The van der Waals surface area contributed by atoms with Crippen LogP contribution in [-0.2, 0) is 18.5 Å². The summed E-state index contributed by atoms with van der Waals surface area (Å²) in [6.07, 6.45) is 3.68. The van der Waals surface area contributed by atoms with E-state index in [-0.39, 0.29) is 0 Å². The fraction of sp³-hybridized carbons (Fsp3) is 0.149. The van der Waals surface area contributed by atoms with Crippen LogP contribution in [0.25, 0.3) is 33.5 Å². The number of aliphatic imine (C=N–C) groups is 1. The van der Waals surface area contributed by atoms with Gasteiger partial charge >= 0.3 is 0 Å². The van der Waals surface area contributed by atoms with E-state index in [0.29, 0.717) is 29.0 Å². The molecule has 0 aliphatic rings. The van der Waals surface area contributed by atoms with Crippen molar-refractivity contribution in [2.75, 3.05) is 14.1 Å². The second kappa shape index (κ2) is 16.6. The lowest BCUT2D eigenvalue weighted by atomic mass is 9.77. The lowest BCUT2D eigenvalue weighted by Gasteiger charge is -2.36. The zero-order chi connectivity index (χ0) is 40.1. The first-order valence-electron chi connectivity index (χ1n) is 19.2. The van der Waals surface area contributed by atoms with E-state index in [1.807, 2.05) is 61.4 Å². The number of fused-ring (bicyclic) bond motifs is 1. The second-order valence-electron chi connectivity index (χ2n) is 14.2. The van der Waals surface area contributed by atoms with Gasteiger partial charge in [-0.15, -0.1) is 5.10 Å². The third-order valence-electron chi connectivity index (χ3n) is 10.3. The quantitative estimate of drug-likeness (QED) is 0.0458. The minimum Gasteiger partial charge on any atom is -0.348 e. The van der Waals surface area contributed by atoms with Gasteiger partial charge < -0.3 is 9.47 Å². The number of nitrogens with one attached hydrogen (secondary N) is 1. The highest BCUT2D eigenvalue weighted by atomic mass is 35.5. The molecule has 6 aromatic carbocycles. The van der Waals surface area contributed by atoms with Crippen LogP contribution >= 0.6 is 11.6 Å². The molecule has 1 N–H and O–H groups in total. The van der Waals surface area contributed by atoms with Crippen molar-refractivity contribution in [2.24, 2.45) is 4.99 Å². The van der Waals surface area contributed by atoms with E-state index < -0.39 is 5.54 Å². The molecule has 2 aromatic heterocycles. The van der Waals surface area contributed by atoms with Gasteiger partial charge in [0.15, 0.2) is 12.0 Å². The lowest BCUT2D eigenvalue weighted by Crippen LogP contribution is -2.39. The first kappa shape index (κ1) is 37.8. The number of nitriles is 1. The first-order valence-corrected chi connectivity index (χ1v) is 19.5. The van der Waals surface area contributed by atoms with E-state index in [9.17, 15) is 5.26 Å². The Bertz CT molecular complexity index is 2640. The largest absolute Gasteiger partial charge is 0.348 e. The normalized spacial score (nSPS) is 11.7. The van der Waals surface area contributed by atoms with Crippen LogP contribution < -0.4 is 5.32 Å². The van der Waals surface area contributed by atoms with E-state index >= 15 is 0 Å². The number of rotatable bonds is 11. The average Bonchev–Trinajstić information content (AvgIpc) is 3.88. The number of imidazole rings is 1. The van der Waals surface area contributed by atoms with Gasteiger partial charge in [-0.1, -0.05) is 158 Å². The maximum absolute atomic E-state index is 9.27. The van der Waals surface area contributed by atoms with Crippen molar-refractivity contribution >= 4 is 34.3 Å². The Morgan fingerprint density at radius 1 is 0.793 bits per heavy atom. The lowest BCUT2D eigenvalue weighted by molar-refractivity contribution is 0.451. The molecule has 286 valence electrons. The summed E-state index contributed by atoms with van der Waals surface area (Å²) in [5, 5.41) is 26.3. The molecule has 0 saturated heterocycles. The standard InChI is InChI=1S/C47H41ClN10/c1-4-16-43-52-44-41(48)29-38(51-46(50-32-49)56(2)3)30-42(44)57(43)31-33-25-27-34(28-26-33)39-23-14-15-24-40(39)45-53-54-55-58(45)47(35-17-8-5-9-18-35,36-19-10-6-11-20-36)37-21-12-7-13-22-37/h5-15,17-30H,4,16,31H2,1-3H3,(H,50,51). The number of guanidine groups is 1. The zero-order valence-electron chi connectivity index (χ0n) is 32.5. The molecule has 58 heavy (non-hydrogen) atoms. The second-order valence-corrected chi connectivity index (χ2v) is 14.6. The molecule has 10 nitrogen and oxygen atoms in total. The molecule has 11 heteroatoms. The van der Waals surface area contributed by atoms with Gasteiger partial charge in [0.2, 0.25) is 5.96 Å². The minimum absolute atomic E-state index is 0.411. The molecule has 0 atom stereocenters. The molecule has 0 amide bonds. The fourth-order valence-corrected chi connectivity index (χ4v) is 7.92. The summed E-state index contributed by atoms with van der Waals surface area (Å²) < 4.78 is 4.19. The van der Waals surface area contributed by atoms with E-state index in [4.69, 9.17) is 26.9 Å². The third kappa shape index (κ3) is 7.08. The molecule has 0 aliphatic carbocycles. The van der Waals surface area contributed by atoms with Crippen molar-refractivity contribution in [3.8, 4) is 28.7 Å². The highest BCUT2D eigenvalue weighted by Gasteiger charge is 2.42. The molecule has 0 spiro atoms. The highest BCUT2D eigenvalue weighted by Crippen LogP contribution is 2.43. The van der Waals surface area contributed by atoms with Gasteiger partial charge in [-0.05, 0) is 62.4 Å². The van der Waals surface area contributed by atoms with Gasteiger partial charge in [-0.3, -0.25) is 5.32 Å². The first-order chi connectivity index (χ1) is 28.4. The molecular formula is C47H41ClN10.